The molecule has 0 spiro atoms. The first-order valence-electron chi connectivity index (χ1n) is 21.7. The van der Waals surface area contributed by atoms with Gasteiger partial charge in [-0.25, -0.2) is 0 Å². The highest BCUT2D eigenvalue weighted by molar-refractivity contribution is 6.30. The van der Waals surface area contributed by atoms with Crippen molar-refractivity contribution in [1.82, 2.24) is 9.80 Å². The summed E-state index contributed by atoms with van der Waals surface area (Å²) in [6.07, 6.45) is -9.57. The lowest BCUT2D eigenvalue weighted by atomic mass is 9.70. The van der Waals surface area contributed by atoms with Gasteiger partial charge in [0.1, 0.15) is 5.41 Å². The van der Waals surface area contributed by atoms with Gasteiger partial charge in [-0.1, -0.05) is 84.2 Å². The van der Waals surface area contributed by atoms with E-state index >= 15 is 4.79 Å². The molecule has 0 atom stereocenters. The van der Waals surface area contributed by atoms with Gasteiger partial charge in [-0.05, 0) is 54.5 Å². The molecule has 4 rings (SSSR count). The number of aliphatic hydroxyl groups is 1. The van der Waals surface area contributed by atoms with E-state index in [1.165, 1.54) is 0 Å². The standard InChI is InChI=1S/C29H33ClN2O2/c1-31(2)27(33)29(24-9-5-3-6-10-24,25-11-7-4-8-12-25)19-22-32-20-17-28(34,18-21-32)23-13-15-26(30)16-14-23/h3-16,34H,17-22H2,1-2H3/i1D3,2D3,3D,4D,5D,6D,7D,8D,9D,10D,11D,12D,17D2,18D2,20D2,21D2. The molecule has 1 fully saturated rings. The SMILES string of the molecule is [2H]c1c([2H])c([2H])c(C(CCN2C([2H])([2H])C([2H])([2H])C(O)(c3ccc(Cl)cc3)C([2H])([2H])C2([2H])[2H])(C(=O)N(C([2H])([2H])[2H])C([2H])([2H])[2H])c2c([2H])c([2H])c([2H])c([2H])c2[2H])c([2H])c1[2H]. The predicted molar refractivity (Wildman–Crippen MR) is 138 cm³/mol. The quantitative estimate of drug-likeness (QED) is 0.491. The van der Waals surface area contributed by atoms with Gasteiger partial charge in [-0.2, -0.15) is 0 Å². The number of hydrogen-bond donors (Lipinski definition) is 1. The lowest BCUT2D eigenvalue weighted by Gasteiger charge is -2.41. The molecule has 1 aliphatic heterocycles. The minimum Gasteiger partial charge on any atom is -0.385 e. The Morgan fingerprint density at radius 1 is 1.06 bits per heavy atom. The Bertz CT molecular complexity index is 1980. The van der Waals surface area contributed by atoms with Crippen LogP contribution in [0.15, 0.2) is 84.7 Å². The number of amides is 1. The van der Waals surface area contributed by atoms with Gasteiger partial charge in [0.2, 0.25) is 5.91 Å². The van der Waals surface area contributed by atoms with Crippen LogP contribution < -0.4 is 0 Å². The summed E-state index contributed by atoms with van der Waals surface area (Å²) in [5.74, 6) is -2.34. The molecule has 1 saturated heterocycles. The Kier molecular flexibility index (Phi) is 2.57. The molecule has 3 aromatic carbocycles. The third-order valence-corrected chi connectivity index (χ3v) is 5.39. The second kappa shape index (κ2) is 10.3. The highest BCUT2D eigenvalue weighted by Crippen LogP contribution is 2.39. The molecule has 1 amide bonds. The molecule has 0 aromatic heterocycles. The lowest BCUT2D eigenvalue weighted by molar-refractivity contribution is -0.133. The Morgan fingerprint density at radius 3 is 2.09 bits per heavy atom. The molecule has 0 saturated carbocycles. The van der Waals surface area contributed by atoms with E-state index in [1.54, 1.807) is 0 Å². The molecule has 1 aliphatic rings. The average molecular weight is 501 g/mol. The maximum Gasteiger partial charge on any atom is 0.237 e. The van der Waals surface area contributed by atoms with Crippen molar-refractivity contribution in [2.75, 3.05) is 33.5 Å². The number of hydrogen-bond acceptors (Lipinski definition) is 3. The molecule has 5 heteroatoms. The fraction of sp³-hybridized carbons (Fsp3) is 0.345. The summed E-state index contributed by atoms with van der Waals surface area (Å²) in [6, 6.07) is -9.14. The molecule has 1 N–H and O–H groups in total. The van der Waals surface area contributed by atoms with E-state index in [2.05, 4.69) is 0 Å². The van der Waals surface area contributed by atoms with E-state index in [0.717, 1.165) is 24.3 Å². The average Bonchev–Trinajstić information content (AvgIpc) is 3.09. The van der Waals surface area contributed by atoms with Crippen LogP contribution in [0.25, 0.3) is 0 Å². The maximum absolute atomic E-state index is 15.2. The normalized spacial score (nSPS) is 33.1. The molecule has 34 heavy (non-hydrogen) atoms. The second-order valence-corrected chi connectivity index (χ2v) is 7.57. The fourth-order valence-corrected chi connectivity index (χ4v) is 3.52. The summed E-state index contributed by atoms with van der Waals surface area (Å²) < 4.78 is 205. The number of likely N-dealkylation sites (tertiary alicyclic amines) is 1. The number of rotatable bonds is 7. The van der Waals surface area contributed by atoms with Crippen molar-refractivity contribution >= 4 is 17.5 Å². The van der Waals surface area contributed by atoms with E-state index in [9.17, 15) is 5.11 Å². The highest BCUT2D eigenvalue weighted by atomic mass is 35.5. The summed E-state index contributed by atoms with van der Waals surface area (Å²) in [5.41, 5.74) is -11.0. The van der Waals surface area contributed by atoms with Crippen LogP contribution >= 0.6 is 11.6 Å². The molecular formula is C29H33ClN2O2. The topological polar surface area (TPSA) is 43.8 Å². The third-order valence-electron chi connectivity index (χ3n) is 5.14. The van der Waals surface area contributed by atoms with Crippen LogP contribution in [0.2, 0.25) is 5.02 Å². The van der Waals surface area contributed by atoms with E-state index in [4.69, 9.17) is 44.5 Å². The Balaban J connectivity index is 2.26. The lowest BCUT2D eigenvalue weighted by Crippen LogP contribution is -2.48. The van der Waals surface area contributed by atoms with Crippen molar-refractivity contribution in [3.63, 3.8) is 0 Å². The van der Waals surface area contributed by atoms with Gasteiger partial charge in [-0.15, -0.1) is 0 Å². The molecule has 0 radical (unpaired) electrons. The van der Waals surface area contributed by atoms with E-state index in [-0.39, 0.29) is 9.92 Å². The number of halogens is 1. The number of nitrogens with zero attached hydrogens (tertiary/aromatic N) is 2. The van der Waals surface area contributed by atoms with Crippen molar-refractivity contribution in [3.8, 4) is 0 Å². The first kappa shape index (κ1) is 8.48. The van der Waals surface area contributed by atoms with Crippen LogP contribution in [0.4, 0.5) is 0 Å². The summed E-state index contributed by atoms with van der Waals surface area (Å²) in [7, 11) is 0. The van der Waals surface area contributed by atoms with Crippen LogP contribution in [-0.4, -0.2) is 54.3 Å². The van der Waals surface area contributed by atoms with Gasteiger partial charge in [0.15, 0.2) is 0 Å². The van der Waals surface area contributed by atoms with Crippen LogP contribution in [-0.2, 0) is 15.8 Å². The predicted octanol–water partition coefficient (Wildman–Crippen LogP) is 5.09. The van der Waals surface area contributed by atoms with E-state index < -0.39 is 152 Å². The van der Waals surface area contributed by atoms with Crippen molar-refractivity contribution in [2.24, 2.45) is 0 Å². The first-order chi connectivity index (χ1) is 26.0. The summed E-state index contributed by atoms with van der Waals surface area (Å²) in [4.78, 5) is 14.2. The minimum absolute atomic E-state index is 0.00129. The summed E-state index contributed by atoms with van der Waals surface area (Å²) >= 11 is 5.91. The Labute approximate surface area is 241 Å². The van der Waals surface area contributed by atoms with Crippen LogP contribution in [0.5, 0.6) is 0 Å². The highest BCUT2D eigenvalue weighted by Gasteiger charge is 2.43. The zero-order chi connectivity index (χ0) is 45.1. The molecule has 3 aromatic rings. The largest absolute Gasteiger partial charge is 0.385 e. The van der Waals surface area contributed by atoms with Gasteiger partial charge in [-0.3, -0.25) is 4.79 Å². The monoisotopic (exact) mass is 500 g/mol. The number of carbonyl (C=O) groups excluding carboxylic acids is 1. The van der Waals surface area contributed by atoms with E-state index in [0.29, 0.717) is 0 Å². The van der Waals surface area contributed by atoms with Gasteiger partial charge in [0.25, 0.3) is 0 Å². The molecule has 1 heterocycles. The zero-order valence-corrected chi connectivity index (χ0v) is 18.1. The van der Waals surface area contributed by atoms with Crippen molar-refractivity contribution < 1.29 is 42.8 Å². The molecule has 0 unspecified atom stereocenters. The van der Waals surface area contributed by atoms with Crippen LogP contribution in [0.3, 0.4) is 0 Å². The molecule has 178 valence electrons. The smallest absolute Gasteiger partial charge is 0.237 e. The molecule has 4 nitrogen and oxygen atoms in total. The molecular weight excluding hydrogens is 444 g/mol. The Hall–Kier alpha value is -2.66. The minimum atomic E-state index is -4.06. The van der Waals surface area contributed by atoms with Crippen LogP contribution in [0, 0.1) is 0 Å². The third kappa shape index (κ3) is 4.90. The summed E-state index contributed by atoms with van der Waals surface area (Å²) in [6.45, 7) is -17.7. The van der Waals surface area contributed by atoms with Crippen molar-refractivity contribution in [2.45, 2.75) is 30.2 Å². The molecule has 0 bridgehead atoms. The second-order valence-electron chi connectivity index (χ2n) is 7.14. The number of likely N-dealkylation sites (N-methyl/N-ethyl adjacent to an activating group) is 1. The van der Waals surface area contributed by atoms with Gasteiger partial charge in [0, 0.05) is 51.2 Å². The maximum atomic E-state index is 15.2. The molecule has 0 aliphatic carbocycles. The van der Waals surface area contributed by atoms with E-state index in [1.807, 2.05) is 0 Å². The van der Waals surface area contributed by atoms with Crippen molar-refractivity contribution in [3.05, 3.63) is 106 Å². The summed E-state index contributed by atoms with van der Waals surface area (Å²) in [5, 5.41) is 11.9. The Morgan fingerprint density at radius 2 is 1.59 bits per heavy atom. The first-order valence-corrected chi connectivity index (χ1v) is 10.1. The number of piperidine rings is 1. The number of carbonyl (C=O) groups is 1. The van der Waals surface area contributed by atoms with Gasteiger partial charge >= 0.3 is 0 Å². The van der Waals surface area contributed by atoms with Gasteiger partial charge in [0.05, 0.1) is 19.3 Å². The zero-order valence-electron chi connectivity index (χ0n) is 41.4. The fourth-order valence-electron chi connectivity index (χ4n) is 3.40. The van der Waals surface area contributed by atoms with Gasteiger partial charge < -0.3 is 14.9 Å². The van der Waals surface area contributed by atoms with Crippen molar-refractivity contribution in [1.29, 1.82) is 0 Å². The van der Waals surface area contributed by atoms with Crippen LogP contribution in [0.1, 0.15) is 68.8 Å². The number of benzene rings is 3.